The van der Waals surface area contributed by atoms with Crippen molar-refractivity contribution in [1.29, 1.82) is 0 Å². The summed E-state index contributed by atoms with van der Waals surface area (Å²) >= 11 is 0. The molecular formula is C22H26N6O3S. The molecule has 2 saturated heterocycles. The molecule has 2 amide bonds. The Bertz CT molecular complexity index is 1080. The molecule has 5 rings (SSSR count). The highest BCUT2D eigenvalue weighted by Crippen LogP contribution is 2.31. The molecule has 32 heavy (non-hydrogen) atoms. The number of anilines is 3. The molecule has 0 radical (unpaired) electrons. The number of likely N-dealkylation sites (N-methyl/N-ethyl adjacent to an activating group) is 1. The summed E-state index contributed by atoms with van der Waals surface area (Å²) in [5, 5.41) is 3.43. The monoisotopic (exact) mass is 454 g/mol. The summed E-state index contributed by atoms with van der Waals surface area (Å²) in [7, 11) is 0.652. The van der Waals surface area contributed by atoms with Gasteiger partial charge in [-0.15, -0.1) is 0 Å². The van der Waals surface area contributed by atoms with Gasteiger partial charge in [-0.1, -0.05) is 18.2 Å². The fourth-order valence-electron chi connectivity index (χ4n) is 4.47. The van der Waals surface area contributed by atoms with Crippen LogP contribution >= 0.6 is 0 Å². The second-order valence-corrected chi connectivity index (χ2v) is 9.91. The number of aryl methyl sites for hydroxylation is 1. The summed E-state index contributed by atoms with van der Waals surface area (Å²) in [5.41, 5.74) is 1.68. The van der Waals surface area contributed by atoms with Crippen molar-refractivity contribution in [3.8, 4) is 0 Å². The fourth-order valence-corrected chi connectivity index (χ4v) is 5.79. The number of fused-ring (bicyclic) bond motifs is 1. The third-order valence-corrected chi connectivity index (χ3v) is 7.67. The van der Waals surface area contributed by atoms with Gasteiger partial charge in [0.05, 0.1) is 16.5 Å². The van der Waals surface area contributed by atoms with Crippen LogP contribution in [0.3, 0.4) is 0 Å². The number of benzene rings is 1. The number of carbonyl (C=O) groups is 2. The summed E-state index contributed by atoms with van der Waals surface area (Å²) < 4.78 is 12.6. The number of hydrogen-bond acceptors (Lipinski definition) is 7. The van der Waals surface area contributed by atoms with E-state index < -0.39 is 10.8 Å². The Labute approximate surface area is 189 Å². The summed E-state index contributed by atoms with van der Waals surface area (Å²) in [5.74, 6) is 1.73. The van der Waals surface area contributed by atoms with E-state index >= 15 is 0 Å². The minimum Gasteiger partial charge on any atom is -0.364 e. The molecular weight excluding hydrogens is 428 g/mol. The number of amides is 2. The van der Waals surface area contributed by atoms with Crippen molar-refractivity contribution in [2.45, 2.75) is 30.2 Å². The minimum atomic E-state index is -1.14. The van der Waals surface area contributed by atoms with Gasteiger partial charge in [0, 0.05) is 57.0 Å². The molecule has 0 bridgehead atoms. The Morgan fingerprint density at radius 2 is 1.88 bits per heavy atom. The molecule has 168 valence electrons. The molecule has 10 heteroatoms. The molecule has 1 N–H and O–H groups in total. The molecule has 9 nitrogen and oxygen atoms in total. The van der Waals surface area contributed by atoms with Crippen molar-refractivity contribution >= 4 is 40.1 Å². The largest absolute Gasteiger partial charge is 0.364 e. The molecule has 0 spiro atoms. The first kappa shape index (κ1) is 20.9. The van der Waals surface area contributed by atoms with Gasteiger partial charge >= 0.3 is 0 Å². The zero-order valence-electron chi connectivity index (χ0n) is 18.0. The van der Waals surface area contributed by atoms with Gasteiger partial charge in [0.2, 0.25) is 17.8 Å². The zero-order valence-corrected chi connectivity index (χ0v) is 18.8. The van der Waals surface area contributed by atoms with Crippen LogP contribution in [-0.2, 0) is 26.8 Å². The number of carbonyl (C=O) groups excluding carboxylic acids is 2. The van der Waals surface area contributed by atoms with Gasteiger partial charge in [-0.2, -0.15) is 4.98 Å². The number of piperidine rings is 1. The standard InChI is InChI=1S/C22H26N6O3S/c1-26-13-15(7-8-18(26)29)23-21-20-17(9-12-32(20)31)24-22(25-21)27-10-11-28(19(30)14-27)16-5-3-2-4-6-16/h2-6,15H,7-14H2,1H3,(H,23,24,25)/t15-,32?/m1/s1. The maximum Gasteiger partial charge on any atom is 0.246 e. The first-order chi connectivity index (χ1) is 15.5. The van der Waals surface area contributed by atoms with Crippen LogP contribution in [0.5, 0.6) is 0 Å². The molecule has 3 aliphatic rings. The fraction of sp³-hybridized carbons (Fsp3) is 0.455. The number of likely N-dealkylation sites (tertiary alicyclic amines) is 1. The Morgan fingerprint density at radius 1 is 1.06 bits per heavy atom. The molecule has 2 fully saturated rings. The maximum absolute atomic E-state index is 12.9. The lowest BCUT2D eigenvalue weighted by Gasteiger charge is -2.35. The Hall–Kier alpha value is -3.01. The number of nitrogens with zero attached hydrogens (tertiary/aromatic N) is 5. The highest BCUT2D eigenvalue weighted by Gasteiger charge is 2.32. The normalized spacial score (nSPS) is 23.5. The topological polar surface area (TPSA) is 98.7 Å². The molecule has 1 aromatic heterocycles. The molecule has 0 saturated carbocycles. The van der Waals surface area contributed by atoms with Crippen molar-refractivity contribution in [2.75, 3.05) is 54.1 Å². The van der Waals surface area contributed by atoms with Crippen LogP contribution in [0.4, 0.5) is 17.5 Å². The quantitative estimate of drug-likeness (QED) is 0.737. The molecule has 1 aromatic carbocycles. The number of para-hydroxylation sites is 1. The third-order valence-electron chi connectivity index (χ3n) is 6.21. The SMILES string of the molecule is CN1C[C@H](Nc2nc(N3CCN(c4ccccc4)C(=O)C3)nc3c2S(=O)CC3)CCC1=O. The Kier molecular flexibility index (Phi) is 5.54. The van der Waals surface area contributed by atoms with E-state index in [0.29, 0.717) is 61.3 Å². The number of hydrogen-bond donors (Lipinski definition) is 1. The minimum absolute atomic E-state index is 0.00273. The molecule has 2 atom stereocenters. The van der Waals surface area contributed by atoms with Gasteiger partial charge in [0.15, 0.2) is 0 Å². The van der Waals surface area contributed by atoms with Crippen molar-refractivity contribution in [3.05, 3.63) is 36.0 Å². The summed E-state index contributed by atoms with van der Waals surface area (Å²) in [6.07, 6.45) is 1.82. The molecule has 2 aromatic rings. The maximum atomic E-state index is 12.9. The lowest BCUT2D eigenvalue weighted by atomic mass is 10.1. The first-order valence-electron chi connectivity index (χ1n) is 10.9. The van der Waals surface area contributed by atoms with Gasteiger partial charge in [0.25, 0.3) is 0 Å². The van der Waals surface area contributed by atoms with Gasteiger partial charge in [-0.3, -0.25) is 13.8 Å². The first-order valence-corrected chi connectivity index (χ1v) is 12.2. The zero-order chi connectivity index (χ0) is 22.2. The Morgan fingerprint density at radius 3 is 2.62 bits per heavy atom. The van der Waals surface area contributed by atoms with Crippen LogP contribution in [-0.4, -0.2) is 75.9 Å². The average Bonchev–Trinajstić information content (AvgIpc) is 3.18. The van der Waals surface area contributed by atoms with E-state index in [2.05, 4.69) is 10.3 Å². The van der Waals surface area contributed by atoms with Crippen LogP contribution in [0, 0.1) is 0 Å². The van der Waals surface area contributed by atoms with E-state index in [1.54, 1.807) is 16.8 Å². The lowest BCUT2D eigenvalue weighted by Crippen LogP contribution is -2.51. The van der Waals surface area contributed by atoms with Gasteiger partial charge in [-0.25, -0.2) is 4.98 Å². The highest BCUT2D eigenvalue weighted by molar-refractivity contribution is 7.85. The van der Waals surface area contributed by atoms with Crippen LogP contribution in [0.25, 0.3) is 0 Å². The smallest absolute Gasteiger partial charge is 0.246 e. The van der Waals surface area contributed by atoms with Gasteiger partial charge < -0.3 is 20.0 Å². The summed E-state index contributed by atoms with van der Waals surface area (Å²) in [6.45, 7) is 1.93. The van der Waals surface area contributed by atoms with E-state index in [1.165, 1.54) is 0 Å². The van der Waals surface area contributed by atoms with E-state index in [9.17, 15) is 13.8 Å². The predicted molar refractivity (Wildman–Crippen MR) is 122 cm³/mol. The van der Waals surface area contributed by atoms with Crippen LogP contribution in [0.1, 0.15) is 18.5 Å². The van der Waals surface area contributed by atoms with E-state index in [-0.39, 0.29) is 24.4 Å². The summed E-state index contributed by atoms with van der Waals surface area (Å²) in [6, 6.07) is 9.69. The average molecular weight is 455 g/mol. The Balaban J connectivity index is 1.38. The van der Waals surface area contributed by atoms with Gasteiger partial charge in [-0.05, 0) is 18.6 Å². The van der Waals surface area contributed by atoms with Crippen LogP contribution < -0.4 is 15.1 Å². The lowest BCUT2D eigenvalue weighted by molar-refractivity contribution is -0.132. The molecule has 1 unspecified atom stereocenters. The number of aromatic nitrogens is 2. The van der Waals surface area contributed by atoms with E-state index in [4.69, 9.17) is 4.98 Å². The second kappa shape index (κ2) is 8.50. The molecule has 3 aliphatic heterocycles. The molecule has 4 heterocycles. The van der Waals surface area contributed by atoms with E-state index in [1.807, 2.05) is 35.2 Å². The predicted octanol–water partition coefficient (Wildman–Crippen LogP) is 1.03. The second-order valence-electron chi connectivity index (χ2n) is 8.40. The van der Waals surface area contributed by atoms with Crippen molar-refractivity contribution in [2.24, 2.45) is 0 Å². The number of piperazine rings is 1. The van der Waals surface area contributed by atoms with Crippen molar-refractivity contribution < 1.29 is 13.8 Å². The van der Waals surface area contributed by atoms with E-state index in [0.717, 1.165) is 11.4 Å². The van der Waals surface area contributed by atoms with Gasteiger partial charge in [0.1, 0.15) is 17.3 Å². The highest BCUT2D eigenvalue weighted by atomic mass is 32.2. The van der Waals surface area contributed by atoms with Crippen molar-refractivity contribution in [1.82, 2.24) is 14.9 Å². The third kappa shape index (κ3) is 3.94. The number of rotatable bonds is 4. The van der Waals surface area contributed by atoms with Crippen LogP contribution in [0.2, 0.25) is 0 Å². The summed E-state index contributed by atoms with van der Waals surface area (Å²) in [4.78, 5) is 40.2. The van der Waals surface area contributed by atoms with Crippen LogP contribution in [0.15, 0.2) is 35.2 Å². The number of nitrogens with one attached hydrogen (secondary N) is 1. The van der Waals surface area contributed by atoms with Crippen molar-refractivity contribution in [3.63, 3.8) is 0 Å². The molecule has 0 aliphatic carbocycles.